The summed E-state index contributed by atoms with van der Waals surface area (Å²) in [7, 11) is 0. The number of anilines is 1. The number of carbonyl (C=O) groups excluding carboxylic acids is 1. The summed E-state index contributed by atoms with van der Waals surface area (Å²) in [4.78, 5) is 31.2. The maximum absolute atomic E-state index is 12.0. The average Bonchev–Trinajstić information content (AvgIpc) is 2.93. The summed E-state index contributed by atoms with van der Waals surface area (Å²) < 4.78 is 0. The van der Waals surface area contributed by atoms with E-state index in [1.807, 2.05) is 6.92 Å². The molecule has 6 heteroatoms. The van der Waals surface area contributed by atoms with Gasteiger partial charge in [0.15, 0.2) is 0 Å². The number of aliphatic carboxylic acids is 1. The summed E-state index contributed by atoms with van der Waals surface area (Å²) in [6.07, 6.45) is 3.80. The van der Waals surface area contributed by atoms with Crippen LogP contribution in [0.4, 0.5) is 5.69 Å². The van der Waals surface area contributed by atoms with Gasteiger partial charge >= 0.3 is 5.97 Å². The molecule has 0 saturated heterocycles. The number of carboxylic acids is 1. The van der Waals surface area contributed by atoms with Crippen LogP contribution in [0.3, 0.4) is 0 Å². The van der Waals surface area contributed by atoms with Crippen LogP contribution in [0.1, 0.15) is 26.6 Å². The minimum absolute atomic E-state index is 0.287. The van der Waals surface area contributed by atoms with Crippen LogP contribution in [0.15, 0.2) is 12.4 Å². The lowest BCUT2D eigenvalue weighted by atomic mass is 10.1. The fraction of sp³-hybridized carbons (Fsp3) is 0.538. The largest absolute Gasteiger partial charge is 0.481 e. The Balaban J connectivity index is 2.04. The normalized spacial score (nSPS) is 23.7. The first kappa shape index (κ1) is 13.5. The molecule has 1 aromatic heterocycles. The smallest absolute Gasteiger partial charge is 0.307 e. The van der Waals surface area contributed by atoms with Gasteiger partial charge in [-0.25, -0.2) is 9.97 Å². The van der Waals surface area contributed by atoms with Crippen molar-refractivity contribution in [1.82, 2.24) is 9.97 Å². The maximum Gasteiger partial charge on any atom is 0.307 e. The highest BCUT2D eigenvalue weighted by Crippen LogP contribution is 2.58. The van der Waals surface area contributed by atoms with E-state index in [-0.39, 0.29) is 5.91 Å². The molecule has 2 atom stereocenters. The SMILES string of the molecule is CCc1ncc(NC(=O)[C@@H]2[C@H](C(=O)O)C2(C)C)cn1. The van der Waals surface area contributed by atoms with Crippen LogP contribution in [0.2, 0.25) is 0 Å². The van der Waals surface area contributed by atoms with Gasteiger partial charge in [-0.2, -0.15) is 0 Å². The Labute approximate surface area is 111 Å². The molecular weight excluding hydrogens is 246 g/mol. The van der Waals surface area contributed by atoms with Gasteiger partial charge in [0.05, 0.1) is 29.9 Å². The zero-order valence-electron chi connectivity index (χ0n) is 11.2. The molecule has 1 aliphatic carbocycles. The third-order valence-electron chi connectivity index (χ3n) is 3.66. The molecule has 1 heterocycles. The zero-order valence-corrected chi connectivity index (χ0v) is 11.2. The zero-order chi connectivity index (χ0) is 14.2. The fourth-order valence-electron chi connectivity index (χ4n) is 2.41. The Morgan fingerprint density at radius 2 is 1.89 bits per heavy atom. The maximum atomic E-state index is 12.0. The van der Waals surface area contributed by atoms with Gasteiger partial charge in [-0.3, -0.25) is 9.59 Å². The van der Waals surface area contributed by atoms with Crippen LogP contribution in [0, 0.1) is 17.3 Å². The molecule has 1 fully saturated rings. The number of carbonyl (C=O) groups is 2. The molecule has 0 radical (unpaired) electrons. The molecule has 0 unspecified atom stereocenters. The Kier molecular flexibility index (Phi) is 3.26. The molecule has 1 aromatic rings. The number of carboxylic acid groups (broad SMARTS) is 1. The third kappa shape index (κ3) is 2.43. The van der Waals surface area contributed by atoms with Crippen LogP contribution in [-0.2, 0) is 16.0 Å². The molecule has 1 saturated carbocycles. The van der Waals surface area contributed by atoms with Crippen LogP contribution >= 0.6 is 0 Å². The van der Waals surface area contributed by atoms with Gasteiger partial charge in [0.1, 0.15) is 5.82 Å². The van der Waals surface area contributed by atoms with E-state index in [2.05, 4.69) is 15.3 Å². The minimum Gasteiger partial charge on any atom is -0.481 e. The van der Waals surface area contributed by atoms with Crippen LogP contribution in [0.5, 0.6) is 0 Å². The molecule has 0 aromatic carbocycles. The fourth-order valence-corrected chi connectivity index (χ4v) is 2.41. The quantitative estimate of drug-likeness (QED) is 0.855. The first-order chi connectivity index (χ1) is 8.87. The van der Waals surface area contributed by atoms with Crippen LogP contribution < -0.4 is 5.32 Å². The summed E-state index contributed by atoms with van der Waals surface area (Å²) in [6.45, 7) is 5.51. The lowest BCUT2D eigenvalue weighted by molar-refractivity contribution is -0.140. The van der Waals surface area contributed by atoms with Crippen molar-refractivity contribution in [2.75, 3.05) is 5.32 Å². The lowest BCUT2D eigenvalue weighted by Crippen LogP contribution is -2.18. The first-order valence-corrected chi connectivity index (χ1v) is 6.22. The topological polar surface area (TPSA) is 92.2 Å². The second kappa shape index (κ2) is 4.60. The van der Waals surface area contributed by atoms with E-state index in [1.54, 1.807) is 13.8 Å². The molecule has 1 aliphatic rings. The Morgan fingerprint density at radius 3 is 2.32 bits per heavy atom. The Morgan fingerprint density at radius 1 is 1.32 bits per heavy atom. The predicted octanol–water partition coefficient (Wildman–Crippen LogP) is 1.33. The second-order valence-electron chi connectivity index (χ2n) is 5.35. The number of nitrogens with zero attached hydrogens (tertiary/aromatic N) is 2. The molecule has 102 valence electrons. The molecule has 19 heavy (non-hydrogen) atoms. The molecular formula is C13H17N3O3. The highest BCUT2D eigenvalue weighted by atomic mass is 16.4. The molecule has 0 aliphatic heterocycles. The van der Waals surface area contributed by atoms with Gasteiger partial charge in [-0.05, 0) is 5.41 Å². The van der Waals surface area contributed by atoms with Gasteiger partial charge in [0, 0.05) is 6.42 Å². The van der Waals surface area contributed by atoms with Crippen LogP contribution in [0.25, 0.3) is 0 Å². The summed E-state index contributed by atoms with van der Waals surface area (Å²) in [5.41, 5.74) is -0.00539. The summed E-state index contributed by atoms with van der Waals surface area (Å²) in [5, 5.41) is 11.7. The van der Waals surface area contributed by atoms with E-state index in [9.17, 15) is 9.59 Å². The van der Waals surface area contributed by atoms with E-state index >= 15 is 0 Å². The summed E-state index contributed by atoms with van der Waals surface area (Å²) in [5.74, 6) is -1.64. The van der Waals surface area contributed by atoms with Gasteiger partial charge in [-0.15, -0.1) is 0 Å². The first-order valence-electron chi connectivity index (χ1n) is 6.22. The van der Waals surface area contributed by atoms with Gasteiger partial charge in [0.2, 0.25) is 5.91 Å². The number of hydrogen-bond acceptors (Lipinski definition) is 4. The minimum atomic E-state index is -0.928. The van der Waals surface area contributed by atoms with Crippen molar-refractivity contribution in [1.29, 1.82) is 0 Å². The number of aromatic nitrogens is 2. The van der Waals surface area contributed by atoms with E-state index < -0.39 is 23.2 Å². The van der Waals surface area contributed by atoms with E-state index in [0.29, 0.717) is 11.5 Å². The van der Waals surface area contributed by atoms with E-state index in [4.69, 9.17) is 5.11 Å². The Hall–Kier alpha value is -1.98. The summed E-state index contributed by atoms with van der Waals surface area (Å²) in [6, 6.07) is 0. The standard InChI is InChI=1S/C13H17N3O3/c1-4-8-14-5-7(6-15-8)16-11(17)9-10(12(18)19)13(9,2)3/h5-6,9-10H,4H2,1-3H3,(H,16,17)(H,18,19)/t9-,10+/m0/s1. The predicted molar refractivity (Wildman–Crippen MR) is 68.4 cm³/mol. The average molecular weight is 263 g/mol. The van der Waals surface area contributed by atoms with Crippen molar-refractivity contribution in [3.63, 3.8) is 0 Å². The highest BCUT2D eigenvalue weighted by molar-refractivity contribution is 5.99. The number of amides is 1. The molecule has 2 rings (SSSR count). The van der Waals surface area contributed by atoms with E-state index in [0.717, 1.165) is 6.42 Å². The molecule has 0 spiro atoms. The van der Waals surface area contributed by atoms with E-state index in [1.165, 1.54) is 12.4 Å². The van der Waals surface area contributed by atoms with Gasteiger partial charge < -0.3 is 10.4 Å². The van der Waals surface area contributed by atoms with Gasteiger partial charge in [0.25, 0.3) is 0 Å². The lowest BCUT2D eigenvalue weighted by Gasteiger charge is -2.05. The Bertz CT molecular complexity index is 510. The van der Waals surface area contributed by atoms with Crippen molar-refractivity contribution in [2.24, 2.45) is 17.3 Å². The molecule has 1 amide bonds. The van der Waals surface area contributed by atoms with Gasteiger partial charge in [-0.1, -0.05) is 20.8 Å². The highest BCUT2D eigenvalue weighted by Gasteiger charge is 2.65. The molecule has 6 nitrogen and oxygen atoms in total. The monoisotopic (exact) mass is 263 g/mol. The summed E-state index contributed by atoms with van der Waals surface area (Å²) >= 11 is 0. The number of rotatable bonds is 4. The number of nitrogens with one attached hydrogen (secondary N) is 1. The molecule has 2 N–H and O–H groups in total. The number of hydrogen-bond donors (Lipinski definition) is 2. The van der Waals surface area contributed by atoms with Crippen molar-refractivity contribution in [3.05, 3.63) is 18.2 Å². The van der Waals surface area contributed by atoms with Crippen molar-refractivity contribution in [2.45, 2.75) is 27.2 Å². The number of aryl methyl sites for hydroxylation is 1. The second-order valence-corrected chi connectivity index (χ2v) is 5.35. The third-order valence-corrected chi connectivity index (χ3v) is 3.66. The van der Waals surface area contributed by atoms with Crippen molar-refractivity contribution < 1.29 is 14.7 Å². The van der Waals surface area contributed by atoms with Crippen molar-refractivity contribution >= 4 is 17.6 Å². The molecule has 0 bridgehead atoms. The van der Waals surface area contributed by atoms with Crippen molar-refractivity contribution in [3.8, 4) is 0 Å². The van der Waals surface area contributed by atoms with Crippen LogP contribution in [-0.4, -0.2) is 27.0 Å².